The lowest BCUT2D eigenvalue weighted by molar-refractivity contribution is 0.206. The van der Waals surface area contributed by atoms with Crippen molar-refractivity contribution in [2.24, 2.45) is 5.92 Å². The zero-order valence-corrected chi connectivity index (χ0v) is 11.2. The molecule has 90 valence electrons. The Hall–Kier alpha value is -1.03. The van der Waals surface area contributed by atoms with Crippen LogP contribution in [-0.2, 0) is 6.54 Å². The predicted molar refractivity (Wildman–Crippen MR) is 68.8 cm³/mol. The van der Waals surface area contributed by atoms with Crippen LogP contribution in [-0.4, -0.2) is 24.5 Å². The lowest BCUT2D eigenvalue weighted by Gasteiger charge is -2.18. The first-order valence-corrected chi connectivity index (χ1v) is 6.40. The van der Waals surface area contributed by atoms with E-state index in [9.17, 15) is 4.79 Å². The van der Waals surface area contributed by atoms with Gasteiger partial charge in [-0.05, 0) is 29.9 Å². The summed E-state index contributed by atoms with van der Waals surface area (Å²) in [5, 5.41) is 4.97. The molecule has 0 aliphatic heterocycles. The summed E-state index contributed by atoms with van der Waals surface area (Å²) in [6.07, 6.45) is 0. The van der Waals surface area contributed by atoms with E-state index in [1.807, 2.05) is 7.05 Å². The highest BCUT2D eigenvalue weighted by atomic mass is 32.1. The van der Waals surface area contributed by atoms with Gasteiger partial charge in [-0.15, -0.1) is 11.3 Å². The lowest BCUT2D eigenvalue weighted by Crippen LogP contribution is -2.38. The smallest absolute Gasteiger partial charge is 0.317 e. The van der Waals surface area contributed by atoms with Gasteiger partial charge in [-0.25, -0.2) is 4.79 Å². The SMILES string of the molecule is Cc1ccsc1CN(C)C(=O)NCC(C)C. The second-order valence-corrected chi connectivity index (χ2v) is 5.46. The molecule has 16 heavy (non-hydrogen) atoms. The van der Waals surface area contributed by atoms with Crippen molar-refractivity contribution in [2.75, 3.05) is 13.6 Å². The summed E-state index contributed by atoms with van der Waals surface area (Å²) in [6, 6.07) is 2.08. The predicted octanol–water partition coefficient (Wildman–Crippen LogP) is 2.85. The number of nitrogens with zero attached hydrogens (tertiary/aromatic N) is 1. The number of hydrogen-bond donors (Lipinski definition) is 1. The maximum absolute atomic E-state index is 11.7. The third kappa shape index (κ3) is 3.85. The molecular formula is C12H20N2OS. The Balaban J connectivity index is 2.43. The first-order chi connectivity index (χ1) is 7.50. The average molecular weight is 240 g/mol. The molecule has 0 aliphatic carbocycles. The van der Waals surface area contributed by atoms with E-state index in [1.165, 1.54) is 10.4 Å². The maximum Gasteiger partial charge on any atom is 0.317 e. The van der Waals surface area contributed by atoms with Gasteiger partial charge in [-0.1, -0.05) is 13.8 Å². The number of thiophene rings is 1. The number of amides is 2. The summed E-state index contributed by atoms with van der Waals surface area (Å²) in [5.41, 5.74) is 1.26. The Labute approximate surface area is 101 Å². The zero-order chi connectivity index (χ0) is 12.1. The third-order valence-electron chi connectivity index (χ3n) is 2.36. The van der Waals surface area contributed by atoms with E-state index in [0.29, 0.717) is 12.5 Å². The Kier molecular flexibility index (Phi) is 4.80. The van der Waals surface area contributed by atoms with Crippen molar-refractivity contribution in [1.29, 1.82) is 0 Å². The summed E-state index contributed by atoms with van der Waals surface area (Å²) >= 11 is 1.70. The van der Waals surface area contributed by atoms with Crippen molar-refractivity contribution in [2.45, 2.75) is 27.3 Å². The van der Waals surface area contributed by atoms with Crippen LogP contribution < -0.4 is 5.32 Å². The molecule has 1 heterocycles. The minimum absolute atomic E-state index is 0.00139. The van der Waals surface area contributed by atoms with Gasteiger partial charge >= 0.3 is 6.03 Å². The molecule has 4 heteroatoms. The van der Waals surface area contributed by atoms with Gasteiger partial charge in [0.1, 0.15) is 0 Å². The molecule has 0 saturated heterocycles. The van der Waals surface area contributed by atoms with Gasteiger partial charge in [0.05, 0.1) is 6.54 Å². The fourth-order valence-corrected chi connectivity index (χ4v) is 2.24. The second-order valence-electron chi connectivity index (χ2n) is 4.46. The van der Waals surface area contributed by atoms with Gasteiger partial charge in [0.15, 0.2) is 0 Å². The van der Waals surface area contributed by atoms with Crippen LogP contribution in [0.2, 0.25) is 0 Å². The topological polar surface area (TPSA) is 32.3 Å². The average Bonchev–Trinajstić information content (AvgIpc) is 2.60. The summed E-state index contributed by atoms with van der Waals surface area (Å²) in [5.74, 6) is 0.487. The second kappa shape index (κ2) is 5.89. The number of urea groups is 1. The van der Waals surface area contributed by atoms with E-state index in [0.717, 1.165) is 6.54 Å². The molecule has 0 aromatic carbocycles. The number of carbonyl (C=O) groups excluding carboxylic acids is 1. The Bertz CT molecular complexity index is 347. The minimum Gasteiger partial charge on any atom is -0.338 e. The molecule has 0 bridgehead atoms. The number of aryl methyl sites for hydroxylation is 1. The van der Waals surface area contributed by atoms with Crippen LogP contribution in [0.4, 0.5) is 4.79 Å². The molecule has 0 atom stereocenters. The highest BCUT2D eigenvalue weighted by Crippen LogP contribution is 2.17. The molecule has 0 aliphatic rings. The maximum atomic E-state index is 11.7. The number of nitrogens with one attached hydrogen (secondary N) is 1. The quantitative estimate of drug-likeness (QED) is 0.862. The summed E-state index contributed by atoms with van der Waals surface area (Å²) in [4.78, 5) is 14.7. The Morgan fingerprint density at radius 2 is 2.25 bits per heavy atom. The summed E-state index contributed by atoms with van der Waals surface area (Å²) < 4.78 is 0. The molecule has 0 unspecified atom stereocenters. The Morgan fingerprint density at radius 1 is 1.56 bits per heavy atom. The van der Waals surface area contributed by atoms with Crippen molar-refractivity contribution in [1.82, 2.24) is 10.2 Å². The summed E-state index contributed by atoms with van der Waals surface area (Å²) in [7, 11) is 1.83. The van der Waals surface area contributed by atoms with Crippen LogP contribution in [0, 0.1) is 12.8 Å². The van der Waals surface area contributed by atoms with Crippen molar-refractivity contribution < 1.29 is 4.79 Å². The molecule has 1 aromatic rings. The van der Waals surface area contributed by atoms with Crippen LogP contribution in [0.1, 0.15) is 24.3 Å². The molecule has 1 rings (SSSR count). The monoisotopic (exact) mass is 240 g/mol. The molecule has 0 radical (unpaired) electrons. The zero-order valence-electron chi connectivity index (χ0n) is 10.4. The molecule has 0 spiro atoms. The molecular weight excluding hydrogens is 220 g/mol. The van der Waals surface area contributed by atoms with Crippen LogP contribution >= 0.6 is 11.3 Å². The largest absolute Gasteiger partial charge is 0.338 e. The third-order valence-corrected chi connectivity index (χ3v) is 3.36. The van der Waals surface area contributed by atoms with Gasteiger partial charge in [-0.3, -0.25) is 0 Å². The fourth-order valence-electron chi connectivity index (χ4n) is 1.28. The van der Waals surface area contributed by atoms with Crippen molar-refractivity contribution in [3.8, 4) is 0 Å². The van der Waals surface area contributed by atoms with Crippen LogP contribution in [0.5, 0.6) is 0 Å². The van der Waals surface area contributed by atoms with Crippen molar-refractivity contribution >= 4 is 17.4 Å². The molecule has 1 N–H and O–H groups in total. The van der Waals surface area contributed by atoms with Crippen molar-refractivity contribution in [3.63, 3.8) is 0 Å². The van der Waals surface area contributed by atoms with Crippen LogP contribution in [0.3, 0.4) is 0 Å². The van der Waals surface area contributed by atoms with Crippen LogP contribution in [0.15, 0.2) is 11.4 Å². The van der Waals surface area contributed by atoms with Gasteiger partial charge in [0.25, 0.3) is 0 Å². The molecule has 2 amide bonds. The highest BCUT2D eigenvalue weighted by Gasteiger charge is 2.10. The first kappa shape index (κ1) is 13.0. The number of carbonyl (C=O) groups is 1. The van der Waals surface area contributed by atoms with Gasteiger partial charge in [0.2, 0.25) is 0 Å². The molecule has 1 aromatic heterocycles. The number of hydrogen-bond acceptors (Lipinski definition) is 2. The van der Waals surface area contributed by atoms with E-state index in [4.69, 9.17) is 0 Å². The van der Waals surface area contributed by atoms with E-state index >= 15 is 0 Å². The number of rotatable bonds is 4. The molecule has 0 saturated carbocycles. The van der Waals surface area contributed by atoms with Gasteiger partial charge in [0, 0.05) is 18.5 Å². The lowest BCUT2D eigenvalue weighted by atomic mass is 10.2. The van der Waals surface area contributed by atoms with Crippen LogP contribution in [0.25, 0.3) is 0 Å². The molecule has 0 fully saturated rings. The summed E-state index contributed by atoms with van der Waals surface area (Å²) in [6.45, 7) is 7.67. The van der Waals surface area contributed by atoms with Gasteiger partial charge in [-0.2, -0.15) is 0 Å². The normalized spacial score (nSPS) is 10.6. The van der Waals surface area contributed by atoms with E-state index < -0.39 is 0 Å². The standard InChI is InChI=1S/C12H20N2OS/c1-9(2)7-13-12(15)14(4)8-11-10(3)5-6-16-11/h5-6,9H,7-8H2,1-4H3,(H,13,15). The van der Waals surface area contributed by atoms with E-state index in [1.54, 1.807) is 16.2 Å². The van der Waals surface area contributed by atoms with Crippen molar-refractivity contribution in [3.05, 3.63) is 21.9 Å². The fraction of sp³-hybridized carbons (Fsp3) is 0.583. The molecule has 3 nitrogen and oxygen atoms in total. The first-order valence-electron chi connectivity index (χ1n) is 5.52. The van der Waals surface area contributed by atoms with Gasteiger partial charge < -0.3 is 10.2 Å². The minimum atomic E-state index is 0.00139. The highest BCUT2D eigenvalue weighted by molar-refractivity contribution is 7.10. The van der Waals surface area contributed by atoms with E-state index in [2.05, 4.69) is 37.5 Å². The van der Waals surface area contributed by atoms with E-state index in [-0.39, 0.29) is 6.03 Å². The Morgan fingerprint density at radius 3 is 2.75 bits per heavy atom.